The molecule has 7 heteroatoms. The number of pyridine rings is 1. The molecule has 3 aromatic rings. The average molecular weight is 434 g/mol. The Morgan fingerprint density at radius 1 is 1.16 bits per heavy atom. The maximum absolute atomic E-state index is 12.5. The molecule has 160 valence electrons. The molecule has 1 aromatic carbocycles. The molecule has 2 atom stereocenters. The van der Waals surface area contributed by atoms with Gasteiger partial charge in [-0.05, 0) is 62.0 Å². The van der Waals surface area contributed by atoms with Crippen molar-refractivity contribution < 1.29 is 4.79 Å². The third kappa shape index (κ3) is 4.77. The fourth-order valence-corrected chi connectivity index (χ4v) is 4.24. The van der Waals surface area contributed by atoms with Crippen molar-refractivity contribution in [3.05, 3.63) is 84.4 Å². The zero-order valence-electron chi connectivity index (χ0n) is 17.7. The molecule has 6 nitrogen and oxygen atoms in total. The van der Waals surface area contributed by atoms with E-state index in [1.807, 2.05) is 48.5 Å². The number of hydrogen-bond acceptors (Lipinski definition) is 3. The summed E-state index contributed by atoms with van der Waals surface area (Å²) in [4.78, 5) is 19.2. The third-order valence-corrected chi connectivity index (χ3v) is 5.86. The van der Waals surface area contributed by atoms with E-state index in [2.05, 4.69) is 57.4 Å². The van der Waals surface area contributed by atoms with Crippen LogP contribution in [0.5, 0.6) is 0 Å². The minimum absolute atomic E-state index is 0.0335. The van der Waals surface area contributed by atoms with Crippen LogP contribution < -0.4 is 10.6 Å². The zero-order chi connectivity index (χ0) is 21.8. The number of amides is 1. The fraction of sp³-hybridized carbons (Fsp3) is 0.292. The Bertz CT molecular complexity index is 1030. The maximum atomic E-state index is 12.5. The number of hydrogen-bond donors (Lipinski definition) is 2. The van der Waals surface area contributed by atoms with Crippen molar-refractivity contribution in [2.24, 2.45) is 0 Å². The van der Waals surface area contributed by atoms with Crippen molar-refractivity contribution in [3.63, 3.8) is 0 Å². The number of rotatable bonds is 7. The first-order chi connectivity index (χ1) is 15.0. The van der Waals surface area contributed by atoms with Gasteiger partial charge in [-0.2, -0.15) is 0 Å². The van der Waals surface area contributed by atoms with Crippen LogP contribution in [0.15, 0.2) is 73.2 Å². The summed E-state index contributed by atoms with van der Waals surface area (Å²) < 4.78 is 2.19. The van der Waals surface area contributed by atoms with E-state index in [1.54, 1.807) is 6.20 Å². The molecule has 2 N–H and O–H groups in total. The van der Waals surface area contributed by atoms with Crippen LogP contribution in [0.4, 0.5) is 5.69 Å². The van der Waals surface area contributed by atoms with Crippen LogP contribution >= 0.6 is 12.2 Å². The third-order valence-electron chi connectivity index (χ3n) is 5.51. The lowest BCUT2D eigenvalue weighted by atomic mass is 9.99. The van der Waals surface area contributed by atoms with Gasteiger partial charge < -0.3 is 20.1 Å². The first-order valence-electron chi connectivity index (χ1n) is 10.5. The summed E-state index contributed by atoms with van der Waals surface area (Å²) in [6, 6.07) is 17.8. The van der Waals surface area contributed by atoms with Crippen molar-refractivity contribution in [2.75, 3.05) is 11.9 Å². The monoisotopic (exact) mass is 433 g/mol. The fourth-order valence-electron chi connectivity index (χ4n) is 3.90. The van der Waals surface area contributed by atoms with Gasteiger partial charge in [-0.15, -0.1) is 0 Å². The largest absolute Gasteiger partial charge is 0.352 e. The normalized spacial score (nSPS) is 18.3. The molecule has 1 fully saturated rings. The summed E-state index contributed by atoms with van der Waals surface area (Å²) in [6.07, 6.45) is 6.40. The van der Waals surface area contributed by atoms with Gasteiger partial charge in [0.1, 0.15) is 0 Å². The Hall–Kier alpha value is -3.19. The second kappa shape index (κ2) is 9.31. The Morgan fingerprint density at radius 2 is 1.94 bits per heavy atom. The second-order valence-electron chi connectivity index (χ2n) is 7.97. The quantitative estimate of drug-likeness (QED) is 0.539. The van der Waals surface area contributed by atoms with Crippen LogP contribution in [-0.4, -0.2) is 32.0 Å². The van der Waals surface area contributed by atoms with Crippen LogP contribution in [0.25, 0.3) is 0 Å². The molecule has 0 aliphatic carbocycles. The smallest absolute Gasteiger partial charge is 0.226 e. The predicted molar refractivity (Wildman–Crippen MR) is 127 cm³/mol. The highest BCUT2D eigenvalue weighted by molar-refractivity contribution is 7.80. The van der Waals surface area contributed by atoms with Gasteiger partial charge in [-0.1, -0.05) is 24.3 Å². The number of aromatic nitrogens is 2. The van der Waals surface area contributed by atoms with Gasteiger partial charge in [0.25, 0.3) is 0 Å². The number of thiocarbonyl (C=S) groups is 1. The Kier molecular flexibility index (Phi) is 6.32. The number of para-hydroxylation sites is 1. The summed E-state index contributed by atoms with van der Waals surface area (Å²) in [5.41, 5.74) is 2.88. The summed E-state index contributed by atoms with van der Waals surface area (Å²) in [5.74, 6) is -0.0335. The molecule has 31 heavy (non-hydrogen) atoms. The van der Waals surface area contributed by atoms with Gasteiger partial charge in [0, 0.05) is 43.3 Å². The Balaban J connectivity index is 1.55. The SMILES string of the molecule is CC(C)n1ccc([C@@H]2[C@H](c3ccccn3)NC(=S)N2CCC(=O)Nc2ccccc2)c1. The van der Waals surface area contributed by atoms with Crippen molar-refractivity contribution in [3.8, 4) is 0 Å². The number of nitrogens with one attached hydrogen (secondary N) is 2. The molecule has 0 saturated carbocycles. The van der Waals surface area contributed by atoms with Gasteiger partial charge in [-0.25, -0.2) is 0 Å². The van der Waals surface area contributed by atoms with Gasteiger partial charge in [-0.3, -0.25) is 9.78 Å². The lowest BCUT2D eigenvalue weighted by Crippen LogP contribution is -2.32. The predicted octanol–water partition coefficient (Wildman–Crippen LogP) is 4.47. The van der Waals surface area contributed by atoms with Crippen molar-refractivity contribution in [1.29, 1.82) is 0 Å². The Labute approximate surface area is 188 Å². The van der Waals surface area contributed by atoms with E-state index in [9.17, 15) is 4.79 Å². The molecule has 3 heterocycles. The van der Waals surface area contributed by atoms with Crippen molar-refractivity contribution in [2.45, 2.75) is 38.4 Å². The first kappa shape index (κ1) is 21.1. The summed E-state index contributed by atoms with van der Waals surface area (Å²) in [5, 5.41) is 7.03. The van der Waals surface area contributed by atoms with E-state index in [0.29, 0.717) is 24.1 Å². The zero-order valence-corrected chi connectivity index (χ0v) is 18.5. The van der Waals surface area contributed by atoms with Gasteiger partial charge in [0.2, 0.25) is 5.91 Å². The van der Waals surface area contributed by atoms with Crippen molar-refractivity contribution >= 4 is 28.9 Å². The number of carbonyl (C=O) groups is 1. The average Bonchev–Trinajstić information content (AvgIpc) is 3.38. The molecule has 4 rings (SSSR count). The molecule has 1 aliphatic heterocycles. The highest BCUT2D eigenvalue weighted by Gasteiger charge is 2.40. The topological polar surface area (TPSA) is 62.2 Å². The van der Waals surface area contributed by atoms with E-state index in [-0.39, 0.29) is 18.0 Å². The van der Waals surface area contributed by atoms with Crippen LogP contribution in [0.3, 0.4) is 0 Å². The molecule has 2 aromatic heterocycles. The minimum Gasteiger partial charge on any atom is -0.352 e. The molecular formula is C24H27N5OS. The van der Waals surface area contributed by atoms with Crippen LogP contribution in [0.2, 0.25) is 0 Å². The highest BCUT2D eigenvalue weighted by Crippen LogP contribution is 2.39. The lowest BCUT2D eigenvalue weighted by Gasteiger charge is -2.27. The molecule has 0 unspecified atom stereocenters. The van der Waals surface area contributed by atoms with Crippen molar-refractivity contribution in [1.82, 2.24) is 19.8 Å². The van der Waals surface area contributed by atoms with Crippen LogP contribution in [0, 0.1) is 0 Å². The van der Waals surface area contributed by atoms with Gasteiger partial charge in [0.15, 0.2) is 5.11 Å². The number of anilines is 1. The molecule has 0 bridgehead atoms. The molecular weight excluding hydrogens is 406 g/mol. The summed E-state index contributed by atoms with van der Waals surface area (Å²) in [6.45, 7) is 4.83. The maximum Gasteiger partial charge on any atom is 0.226 e. The van der Waals surface area contributed by atoms with Gasteiger partial charge in [0.05, 0.1) is 17.8 Å². The molecule has 0 radical (unpaired) electrons. The summed E-state index contributed by atoms with van der Waals surface area (Å²) in [7, 11) is 0. The van der Waals surface area contributed by atoms with Crippen LogP contribution in [-0.2, 0) is 4.79 Å². The van der Waals surface area contributed by atoms with E-state index >= 15 is 0 Å². The second-order valence-corrected chi connectivity index (χ2v) is 8.36. The Morgan fingerprint density at radius 3 is 2.61 bits per heavy atom. The van der Waals surface area contributed by atoms with E-state index < -0.39 is 0 Å². The van der Waals surface area contributed by atoms with Crippen LogP contribution in [0.1, 0.15) is 49.7 Å². The first-order valence-corrected chi connectivity index (χ1v) is 10.9. The number of carbonyl (C=O) groups excluding carboxylic acids is 1. The number of nitrogens with zero attached hydrogens (tertiary/aromatic N) is 3. The van der Waals surface area contributed by atoms with E-state index in [1.165, 1.54) is 0 Å². The number of benzene rings is 1. The highest BCUT2D eigenvalue weighted by atomic mass is 32.1. The molecule has 0 spiro atoms. The van der Waals surface area contributed by atoms with E-state index in [0.717, 1.165) is 16.9 Å². The lowest BCUT2D eigenvalue weighted by molar-refractivity contribution is -0.116. The summed E-state index contributed by atoms with van der Waals surface area (Å²) >= 11 is 5.68. The van der Waals surface area contributed by atoms with Gasteiger partial charge >= 0.3 is 0 Å². The minimum atomic E-state index is -0.0751. The molecule has 1 saturated heterocycles. The van der Waals surface area contributed by atoms with E-state index in [4.69, 9.17) is 12.2 Å². The standard InChI is InChI=1S/C24H27N5OS/c1-17(2)28-14-11-18(16-28)23-22(20-10-6-7-13-25-20)27-24(31)29(23)15-12-21(30)26-19-8-4-3-5-9-19/h3-11,13-14,16-17,22-23H,12,15H2,1-2H3,(H,26,30)(H,27,31)/t22-,23+/m0/s1. The molecule has 1 amide bonds. The molecule has 1 aliphatic rings.